The van der Waals surface area contributed by atoms with Gasteiger partial charge < -0.3 is 10.1 Å². The summed E-state index contributed by atoms with van der Waals surface area (Å²) in [6, 6.07) is 13.4. The Morgan fingerprint density at radius 1 is 1.13 bits per heavy atom. The number of hydrogen-bond donors (Lipinski definition) is 1. The number of benzene rings is 2. The number of ether oxygens (including phenoxy) is 1. The Balaban J connectivity index is 1.51. The first-order valence-electron chi connectivity index (χ1n) is 7.84. The van der Waals surface area contributed by atoms with E-state index in [1.54, 1.807) is 12.1 Å². The number of aldehydes is 1. The average molecular weight is 309 g/mol. The summed E-state index contributed by atoms with van der Waals surface area (Å²) in [5, 5.41) is 2.89. The minimum atomic E-state index is 0.0937. The number of carbonyl (C=O) groups is 2. The molecule has 0 spiro atoms. The molecule has 4 nitrogen and oxygen atoms in total. The Bertz CT molecular complexity index is 724. The third-order valence-corrected chi connectivity index (χ3v) is 3.94. The lowest BCUT2D eigenvalue weighted by molar-refractivity contribution is -0.116. The molecule has 2 aromatic carbocycles. The van der Waals surface area contributed by atoms with Gasteiger partial charge in [-0.15, -0.1) is 0 Å². The van der Waals surface area contributed by atoms with Crippen LogP contribution in [0.2, 0.25) is 0 Å². The second-order valence-electron chi connectivity index (χ2n) is 5.68. The second kappa shape index (κ2) is 7.09. The van der Waals surface area contributed by atoms with Gasteiger partial charge in [0.2, 0.25) is 5.91 Å². The number of fused-ring (bicyclic) bond motifs is 1. The molecule has 0 bridgehead atoms. The van der Waals surface area contributed by atoms with E-state index in [4.69, 9.17) is 4.74 Å². The lowest BCUT2D eigenvalue weighted by Gasteiger charge is -2.17. The summed E-state index contributed by atoms with van der Waals surface area (Å²) in [5.41, 5.74) is 4.03. The van der Waals surface area contributed by atoms with Crippen LogP contribution in [0, 0.1) is 0 Å². The standard InChI is InChI=1S/C19H19NO3/c21-13-15-3-1-5-17(12-15)23-10-2-4-14-6-8-18-16(11-14)7-9-19(22)20-18/h1,3,5-6,8,11-13H,2,4,7,9-10H2,(H,20,22). The number of nitrogens with one attached hydrogen (secondary N) is 1. The first-order valence-corrected chi connectivity index (χ1v) is 7.84. The van der Waals surface area contributed by atoms with E-state index in [-0.39, 0.29) is 5.91 Å². The number of rotatable bonds is 6. The van der Waals surface area contributed by atoms with E-state index >= 15 is 0 Å². The van der Waals surface area contributed by atoms with Crippen molar-refractivity contribution in [1.29, 1.82) is 0 Å². The van der Waals surface area contributed by atoms with E-state index in [9.17, 15) is 9.59 Å². The summed E-state index contributed by atoms with van der Waals surface area (Å²) in [7, 11) is 0. The van der Waals surface area contributed by atoms with E-state index in [1.165, 1.54) is 11.1 Å². The predicted molar refractivity (Wildman–Crippen MR) is 89.0 cm³/mol. The van der Waals surface area contributed by atoms with Gasteiger partial charge in [-0.25, -0.2) is 0 Å². The van der Waals surface area contributed by atoms with Gasteiger partial charge in [-0.05, 0) is 48.6 Å². The molecule has 0 aliphatic carbocycles. The minimum Gasteiger partial charge on any atom is -0.494 e. The van der Waals surface area contributed by atoms with Crippen molar-refractivity contribution in [3.05, 3.63) is 59.2 Å². The summed E-state index contributed by atoms with van der Waals surface area (Å²) in [4.78, 5) is 22.1. The van der Waals surface area contributed by atoms with Crippen molar-refractivity contribution in [2.24, 2.45) is 0 Å². The lowest BCUT2D eigenvalue weighted by atomic mass is 9.99. The summed E-state index contributed by atoms with van der Waals surface area (Å²) in [6.07, 6.45) is 4.01. The predicted octanol–water partition coefficient (Wildman–Crippen LogP) is 3.40. The number of aryl methyl sites for hydroxylation is 2. The zero-order valence-corrected chi connectivity index (χ0v) is 12.9. The molecule has 0 aromatic heterocycles. The zero-order valence-electron chi connectivity index (χ0n) is 12.9. The molecule has 23 heavy (non-hydrogen) atoms. The summed E-state index contributed by atoms with van der Waals surface area (Å²) >= 11 is 0. The monoisotopic (exact) mass is 309 g/mol. The molecule has 3 rings (SSSR count). The number of amides is 1. The van der Waals surface area contributed by atoms with Crippen LogP contribution in [0.15, 0.2) is 42.5 Å². The van der Waals surface area contributed by atoms with Crippen LogP contribution in [0.3, 0.4) is 0 Å². The molecule has 0 saturated carbocycles. The Morgan fingerprint density at radius 3 is 2.91 bits per heavy atom. The summed E-state index contributed by atoms with van der Waals surface area (Å²) in [6.45, 7) is 0.607. The SMILES string of the molecule is O=Cc1cccc(OCCCc2ccc3c(c2)CCC(=O)N3)c1. The molecule has 0 unspecified atom stereocenters. The average Bonchev–Trinajstić information content (AvgIpc) is 2.59. The van der Waals surface area contributed by atoms with Gasteiger partial charge in [0.1, 0.15) is 12.0 Å². The zero-order chi connectivity index (χ0) is 16.1. The van der Waals surface area contributed by atoms with Crippen molar-refractivity contribution in [3.63, 3.8) is 0 Å². The van der Waals surface area contributed by atoms with E-state index in [0.717, 1.165) is 37.0 Å². The first kappa shape index (κ1) is 15.3. The van der Waals surface area contributed by atoms with Gasteiger partial charge in [-0.3, -0.25) is 9.59 Å². The molecule has 0 fully saturated rings. The fourth-order valence-corrected chi connectivity index (χ4v) is 2.74. The van der Waals surface area contributed by atoms with Crippen LogP contribution in [0.5, 0.6) is 5.75 Å². The van der Waals surface area contributed by atoms with Crippen LogP contribution < -0.4 is 10.1 Å². The Morgan fingerprint density at radius 2 is 2.04 bits per heavy atom. The van der Waals surface area contributed by atoms with Crippen molar-refractivity contribution < 1.29 is 14.3 Å². The highest BCUT2D eigenvalue weighted by atomic mass is 16.5. The normalized spacial score (nSPS) is 13.1. The molecule has 1 heterocycles. The van der Waals surface area contributed by atoms with Crippen LogP contribution in [-0.4, -0.2) is 18.8 Å². The fourth-order valence-electron chi connectivity index (χ4n) is 2.74. The maximum absolute atomic E-state index is 11.4. The second-order valence-corrected chi connectivity index (χ2v) is 5.68. The van der Waals surface area contributed by atoms with Crippen LogP contribution in [0.4, 0.5) is 5.69 Å². The van der Waals surface area contributed by atoms with Crippen molar-refractivity contribution in [3.8, 4) is 5.75 Å². The summed E-state index contributed by atoms with van der Waals surface area (Å²) in [5.74, 6) is 0.818. The molecule has 2 aromatic rings. The van der Waals surface area contributed by atoms with Crippen molar-refractivity contribution in [2.75, 3.05) is 11.9 Å². The van der Waals surface area contributed by atoms with Gasteiger partial charge >= 0.3 is 0 Å². The molecule has 1 amide bonds. The van der Waals surface area contributed by atoms with Crippen molar-refractivity contribution in [2.45, 2.75) is 25.7 Å². The molecule has 0 radical (unpaired) electrons. The van der Waals surface area contributed by atoms with Gasteiger partial charge in [-0.1, -0.05) is 24.3 Å². The maximum Gasteiger partial charge on any atom is 0.224 e. The Hall–Kier alpha value is -2.62. The number of anilines is 1. The molecule has 0 atom stereocenters. The highest BCUT2D eigenvalue weighted by Gasteiger charge is 2.14. The Labute approximate surface area is 135 Å². The largest absolute Gasteiger partial charge is 0.494 e. The molecule has 4 heteroatoms. The van der Waals surface area contributed by atoms with E-state index in [2.05, 4.69) is 17.4 Å². The third kappa shape index (κ3) is 3.97. The number of carbonyl (C=O) groups excluding carboxylic acids is 2. The molecular formula is C19H19NO3. The van der Waals surface area contributed by atoms with Gasteiger partial charge in [0.05, 0.1) is 6.61 Å². The minimum absolute atomic E-state index is 0.0937. The van der Waals surface area contributed by atoms with Gasteiger partial charge in [0.25, 0.3) is 0 Å². The molecule has 0 saturated heterocycles. The fraction of sp³-hybridized carbons (Fsp3) is 0.263. The molecule has 1 N–H and O–H groups in total. The topological polar surface area (TPSA) is 55.4 Å². The molecule has 1 aliphatic rings. The van der Waals surface area contributed by atoms with Crippen molar-refractivity contribution in [1.82, 2.24) is 0 Å². The Kier molecular flexibility index (Phi) is 4.71. The van der Waals surface area contributed by atoms with Crippen LogP contribution >= 0.6 is 0 Å². The van der Waals surface area contributed by atoms with Crippen molar-refractivity contribution >= 4 is 17.9 Å². The highest BCUT2D eigenvalue weighted by molar-refractivity contribution is 5.93. The van der Waals surface area contributed by atoms with Crippen LogP contribution in [-0.2, 0) is 17.6 Å². The summed E-state index contributed by atoms with van der Waals surface area (Å²) < 4.78 is 5.68. The van der Waals surface area contributed by atoms with Crippen LogP contribution in [0.1, 0.15) is 34.3 Å². The molecular weight excluding hydrogens is 290 g/mol. The highest BCUT2D eigenvalue weighted by Crippen LogP contribution is 2.24. The van der Waals surface area contributed by atoms with Crippen LogP contribution in [0.25, 0.3) is 0 Å². The molecule has 1 aliphatic heterocycles. The van der Waals surface area contributed by atoms with Gasteiger partial charge in [-0.2, -0.15) is 0 Å². The maximum atomic E-state index is 11.4. The van der Waals surface area contributed by atoms with Gasteiger partial charge in [0.15, 0.2) is 0 Å². The number of hydrogen-bond acceptors (Lipinski definition) is 3. The lowest BCUT2D eigenvalue weighted by Crippen LogP contribution is -2.19. The quantitative estimate of drug-likeness (QED) is 0.657. The van der Waals surface area contributed by atoms with E-state index in [1.807, 2.05) is 18.2 Å². The molecule has 118 valence electrons. The van der Waals surface area contributed by atoms with Gasteiger partial charge in [0, 0.05) is 17.7 Å². The first-order chi connectivity index (χ1) is 11.2. The van der Waals surface area contributed by atoms with E-state index < -0.39 is 0 Å². The third-order valence-electron chi connectivity index (χ3n) is 3.94. The van der Waals surface area contributed by atoms with E-state index in [0.29, 0.717) is 18.6 Å². The smallest absolute Gasteiger partial charge is 0.224 e.